The number of carbonyl (C=O) groups is 2. The number of non-ortho nitro benzene ring substituents is 1. The van der Waals surface area contributed by atoms with Gasteiger partial charge >= 0.3 is 0 Å². The number of carbonyl (C=O) groups excluding carboxylic acids is 2. The molecule has 0 radical (unpaired) electrons. The number of nitro groups is 1. The Labute approximate surface area is 216 Å². The number of hydrogen-bond donors (Lipinski definition) is 2. The van der Waals surface area contributed by atoms with Crippen LogP contribution in [0.1, 0.15) is 26.7 Å². The van der Waals surface area contributed by atoms with Gasteiger partial charge in [0.2, 0.25) is 5.91 Å². The molecule has 9 heteroatoms. The van der Waals surface area contributed by atoms with E-state index in [0.29, 0.717) is 21.8 Å². The van der Waals surface area contributed by atoms with Crippen LogP contribution in [0, 0.1) is 22.9 Å². The van der Waals surface area contributed by atoms with Gasteiger partial charge in [-0.1, -0.05) is 54.6 Å². The number of hydrogen-bond acceptors (Lipinski definition) is 5. The topological polar surface area (TPSA) is 101 Å². The summed E-state index contributed by atoms with van der Waals surface area (Å²) in [6.45, 7) is 1.76. The lowest BCUT2D eigenvalue weighted by atomic mass is 10.1. The molecule has 4 rings (SSSR count). The van der Waals surface area contributed by atoms with Crippen LogP contribution >= 0.6 is 11.8 Å². The van der Waals surface area contributed by atoms with E-state index in [0.717, 1.165) is 5.56 Å². The molecule has 0 aliphatic rings. The van der Waals surface area contributed by atoms with Crippen molar-refractivity contribution >= 4 is 40.6 Å². The second-order valence-electron chi connectivity index (χ2n) is 8.12. The minimum atomic E-state index is -0.697. The maximum atomic E-state index is 14.0. The minimum absolute atomic E-state index is 0.0746. The van der Waals surface area contributed by atoms with Crippen LogP contribution < -0.4 is 10.6 Å². The van der Waals surface area contributed by atoms with Crippen molar-refractivity contribution in [3.05, 3.63) is 130 Å². The summed E-state index contributed by atoms with van der Waals surface area (Å²) in [6.07, 6.45) is 0. The molecule has 0 aliphatic carbocycles. The molecule has 7 nitrogen and oxygen atoms in total. The van der Waals surface area contributed by atoms with Crippen molar-refractivity contribution in [1.29, 1.82) is 0 Å². The first-order valence-corrected chi connectivity index (χ1v) is 12.1. The first kappa shape index (κ1) is 25.6. The van der Waals surface area contributed by atoms with Gasteiger partial charge in [-0.25, -0.2) is 4.39 Å². The molecule has 4 aromatic rings. The standard InChI is InChI=1S/C28H22FN3O4S/c1-18-14-15-21(32(35)36)17-25(18)31-28(34)26(19-8-3-2-4-9-19)37-22-11-7-10-20(16-22)30-27(33)23-12-5-6-13-24(23)29/h2-17,26H,1H3,(H,30,33)(H,31,34). The van der Waals surface area contributed by atoms with Crippen molar-refractivity contribution in [1.82, 2.24) is 0 Å². The number of halogens is 1. The van der Waals surface area contributed by atoms with Crippen molar-refractivity contribution in [2.45, 2.75) is 17.1 Å². The quantitative estimate of drug-likeness (QED) is 0.153. The molecule has 37 heavy (non-hydrogen) atoms. The van der Waals surface area contributed by atoms with Gasteiger partial charge in [0.25, 0.3) is 11.6 Å². The zero-order valence-electron chi connectivity index (χ0n) is 19.7. The average molecular weight is 516 g/mol. The zero-order chi connectivity index (χ0) is 26.4. The van der Waals surface area contributed by atoms with Gasteiger partial charge in [-0.15, -0.1) is 11.8 Å². The molecule has 0 heterocycles. The van der Waals surface area contributed by atoms with Crippen LogP contribution in [0.4, 0.5) is 21.5 Å². The predicted octanol–water partition coefficient (Wildman–Crippen LogP) is 6.77. The molecule has 1 unspecified atom stereocenters. The summed E-state index contributed by atoms with van der Waals surface area (Å²) in [7, 11) is 0. The van der Waals surface area contributed by atoms with Crippen LogP contribution in [-0.2, 0) is 4.79 Å². The minimum Gasteiger partial charge on any atom is -0.324 e. The van der Waals surface area contributed by atoms with Gasteiger partial charge in [0, 0.05) is 22.7 Å². The van der Waals surface area contributed by atoms with Gasteiger partial charge in [-0.05, 0) is 48.4 Å². The maximum absolute atomic E-state index is 14.0. The van der Waals surface area contributed by atoms with Crippen LogP contribution in [0.3, 0.4) is 0 Å². The molecule has 1 atom stereocenters. The third kappa shape index (κ3) is 6.39. The lowest BCUT2D eigenvalue weighted by molar-refractivity contribution is -0.384. The van der Waals surface area contributed by atoms with E-state index < -0.39 is 21.9 Å². The lowest BCUT2D eigenvalue weighted by Gasteiger charge is -2.18. The molecule has 4 aromatic carbocycles. The molecule has 0 saturated heterocycles. The Kier molecular flexibility index (Phi) is 7.95. The summed E-state index contributed by atoms with van der Waals surface area (Å²) in [5, 5.41) is 16.0. The zero-order valence-corrected chi connectivity index (χ0v) is 20.5. The van der Waals surface area contributed by atoms with E-state index in [1.165, 1.54) is 42.1 Å². The SMILES string of the molecule is Cc1ccc([N+](=O)[O-])cc1NC(=O)C(Sc1cccc(NC(=O)c2ccccc2F)c1)c1ccccc1. The van der Waals surface area contributed by atoms with Crippen molar-refractivity contribution in [2.75, 3.05) is 10.6 Å². The number of nitrogens with one attached hydrogen (secondary N) is 2. The van der Waals surface area contributed by atoms with E-state index in [-0.39, 0.29) is 17.2 Å². The van der Waals surface area contributed by atoms with E-state index in [9.17, 15) is 24.1 Å². The largest absolute Gasteiger partial charge is 0.324 e. The van der Waals surface area contributed by atoms with E-state index in [1.807, 2.05) is 30.3 Å². The summed E-state index contributed by atoms with van der Waals surface area (Å²) in [6, 6.07) is 26.0. The molecule has 0 bridgehead atoms. The Morgan fingerprint density at radius 2 is 1.62 bits per heavy atom. The van der Waals surface area contributed by atoms with Crippen LogP contribution in [-0.4, -0.2) is 16.7 Å². The molecular formula is C28H22FN3O4S. The van der Waals surface area contributed by atoms with Gasteiger partial charge in [-0.2, -0.15) is 0 Å². The Bertz CT molecular complexity index is 1460. The summed E-state index contributed by atoms with van der Waals surface area (Å²) >= 11 is 1.25. The monoisotopic (exact) mass is 515 g/mol. The number of nitro benzene ring substituents is 1. The van der Waals surface area contributed by atoms with Gasteiger partial charge in [0.1, 0.15) is 11.1 Å². The normalized spacial score (nSPS) is 11.4. The number of rotatable bonds is 8. The van der Waals surface area contributed by atoms with E-state index in [1.54, 1.807) is 43.3 Å². The van der Waals surface area contributed by atoms with Gasteiger partial charge < -0.3 is 10.6 Å². The number of benzene rings is 4. The van der Waals surface area contributed by atoms with Crippen molar-refractivity contribution in [3.63, 3.8) is 0 Å². The Morgan fingerprint density at radius 3 is 2.35 bits per heavy atom. The highest BCUT2D eigenvalue weighted by Gasteiger charge is 2.24. The van der Waals surface area contributed by atoms with Gasteiger partial charge in [-0.3, -0.25) is 19.7 Å². The molecule has 2 amide bonds. The molecule has 0 fully saturated rings. The number of amides is 2. The number of anilines is 2. The van der Waals surface area contributed by atoms with Gasteiger partial charge in [0.15, 0.2) is 0 Å². The average Bonchev–Trinajstić information content (AvgIpc) is 2.89. The van der Waals surface area contributed by atoms with Gasteiger partial charge in [0.05, 0.1) is 16.2 Å². The first-order valence-electron chi connectivity index (χ1n) is 11.3. The summed E-state index contributed by atoms with van der Waals surface area (Å²) in [5.74, 6) is -1.57. The summed E-state index contributed by atoms with van der Waals surface area (Å²) in [4.78, 5) is 37.3. The first-order chi connectivity index (χ1) is 17.8. The van der Waals surface area contributed by atoms with E-state index in [2.05, 4.69) is 10.6 Å². The molecule has 0 spiro atoms. The van der Waals surface area contributed by atoms with Crippen molar-refractivity contribution < 1.29 is 18.9 Å². The molecule has 0 aromatic heterocycles. The fraction of sp³-hybridized carbons (Fsp3) is 0.0714. The number of nitrogens with zero attached hydrogens (tertiary/aromatic N) is 1. The summed E-state index contributed by atoms with van der Waals surface area (Å²) < 4.78 is 14.0. The highest BCUT2D eigenvalue weighted by atomic mass is 32.2. The molecule has 0 aliphatic heterocycles. The molecular weight excluding hydrogens is 493 g/mol. The maximum Gasteiger partial charge on any atom is 0.271 e. The van der Waals surface area contributed by atoms with Crippen LogP contribution in [0.25, 0.3) is 0 Å². The fourth-order valence-corrected chi connectivity index (χ4v) is 4.67. The number of aryl methyl sites for hydroxylation is 1. The molecule has 0 saturated carbocycles. The van der Waals surface area contributed by atoms with Crippen LogP contribution in [0.15, 0.2) is 102 Å². The highest BCUT2D eigenvalue weighted by molar-refractivity contribution is 8.00. The van der Waals surface area contributed by atoms with Crippen molar-refractivity contribution in [3.8, 4) is 0 Å². The van der Waals surface area contributed by atoms with Crippen LogP contribution in [0.2, 0.25) is 0 Å². The third-order valence-corrected chi connectivity index (χ3v) is 6.74. The fourth-order valence-electron chi connectivity index (χ4n) is 3.58. The number of thioether (sulfide) groups is 1. The lowest BCUT2D eigenvalue weighted by Crippen LogP contribution is -2.19. The Balaban J connectivity index is 1.58. The smallest absolute Gasteiger partial charge is 0.271 e. The van der Waals surface area contributed by atoms with Crippen molar-refractivity contribution in [2.24, 2.45) is 0 Å². The summed E-state index contributed by atoms with van der Waals surface area (Å²) in [5.41, 5.74) is 2.02. The molecule has 186 valence electrons. The second kappa shape index (κ2) is 11.5. The Hall–Kier alpha value is -4.50. The van der Waals surface area contributed by atoms with E-state index >= 15 is 0 Å². The van der Waals surface area contributed by atoms with E-state index in [4.69, 9.17) is 0 Å². The van der Waals surface area contributed by atoms with Crippen LogP contribution in [0.5, 0.6) is 0 Å². The second-order valence-corrected chi connectivity index (χ2v) is 9.29. The molecule has 2 N–H and O–H groups in total. The highest BCUT2D eigenvalue weighted by Crippen LogP contribution is 2.37. The predicted molar refractivity (Wildman–Crippen MR) is 142 cm³/mol. The Morgan fingerprint density at radius 1 is 0.892 bits per heavy atom. The third-order valence-electron chi connectivity index (χ3n) is 5.49.